The smallest absolute Gasteiger partial charge is 0.253 e. The van der Waals surface area contributed by atoms with Crippen molar-refractivity contribution in [1.82, 2.24) is 24.6 Å². The number of carbonyl (C=O) groups is 1. The normalized spacial score (nSPS) is 11.2. The first-order valence-corrected chi connectivity index (χ1v) is 11.3. The van der Waals surface area contributed by atoms with Crippen LogP contribution in [0.3, 0.4) is 0 Å². The Labute approximate surface area is 183 Å². The fraction of sp³-hybridized carbons (Fsp3) is 0.286. The molecule has 0 saturated carbocycles. The van der Waals surface area contributed by atoms with E-state index in [1.807, 2.05) is 50.4 Å². The molecular weight excluding hydrogens is 416 g/mol. The number of amides is 1. The first-order chi connectivity index (χ1) is 14.3. The largest absolute Gasteiger partial charge is 0.274 e. The summed E-state index contributed by atoms with van der Waals surface area (Å²) in [5.41, 5.74) is 5.97. The summed E-state index contributed by atoms with van der Waals surface area (Å²) in [4.78, 5) is 27.6. The van der Waals surface area contributed by atoms with Crippen molar-refractivity contribution in [1.29, 1.82) is 0 Å². The molecule has 0 unspecified atom stereocenters. The number of benzene rings is 1. The summed E-state index contributed by atoms with van der Waals surface area (Å²) >= 11 is 2.96. The zero-order chi connectivity index (χ0) is 21.4. The Bertz CT molecular complexity index is 1250. The SMILES string of the molecule is CC(=O)N(c1ccc(C)c(C)c1)c1nc(CSc2nc3nc(C)cc(C)n3n2)cs1. The molecular formula is C21H22N6OS2. The number of thioether (sulfide) groups is 1. The van der Waals surface area contributed by atoms with Crippen molar-refractivity contribution in [3.05, 3.63) is 57.9 Å². The molecule has 7 nitrogen and oxygen atoms in total. The lowest BCUT2D eigenvalue weighted by molar-refractivity contribution is -0.115. The fourth-order valence-electron chi connectivity index (χ4n) is 3.10. The molecule has 0 bridgehead atoms. The van der Waals surface area contributed by atoms with Crippen LogP contribution in [-0.4, -0.2) is 30.5 Å². The molecule has 3 aromatic heterocycles. The van der Waals surface area contributed by atoms with Crippen LogP contribution >= 0.6 is 23.1 Å². The highest BCUT2D eigenvalue weighted by molar-refractivity contribution is 7.98. The second-order valence-corrected chi connectivity index (χ2v) is 8.96. The molecule has 0 fully saturated rings. The highest BCUT2D eigenvalue weighted by atomic mass is 32.2. The van der Waals surface area contributed by atoms with E-state index in [1.54, 1.807) is 16.3 Å². The summed E-state index contributed by atoms with van der Waals surface area (Å²) in [6.45, 7) is 9.59. The van der Waals surface area contributed by atoms with Gasteiger partial charge in [0, 0.05) is 29.4 Å². The van der Waals surface area contributed by atoms with Gasteiger partial charge < -0.3 is 0 Å². The molecule has 0 spiro atoms. The molecule has 0 aliphatic rings. The van der Waals surface area contributed by atoms with E-state index < -0.39 is 0 Å². The molecule has 0 saturated heterocycles. The van der Waals surface area contributed by atoms with Gasteiger partial charge in [0.2, 0.25) is 11.1 Å². The highest BCUT2D eigenvalue weighted by Crippen LogP contribution is 2.31. The van der Waals surface area contributed by atoms with Gasteiger partial charge in [-0.05, 0) is 57.0 Å². The first kappa shape index (κ1) is 20.5. The maximum absolute atomic E-state index is 12.3. The molecule has 0 aliphatic carbocycles. The lowest BCUT2D eigenvalue weighted by Crippen LogP contribution is -2.22. The van der Waals surface area contributed by atoms with E-state index in [9.17, 15) is 4.79 Å². The third-order valence-corrected chi connectivity index (χ3v) is 6.49. The molecule has 4 aromatic rings. The summed E-state index contributed by atoms with van der Waals surface area (Å²) in [5.74, 6) is 1.15. The number of anilines is 2. The van der Waals surface area contributed by atoms with Crippen LogP contribution in [0.5, 0.6) is 0 Å². The zero-order valence-corrected chi connectivity index (χ0v) is 19.1. The van der Waals surface area contributed by atoms with Crippen LogP contribution in [0.4, 0.5) is 10.8 Å². The summed E-state index contributed by atoms with van der Waals surface area (Å²) in [5, 5.41) is 7.82. The summed E-state index contributed by atoms with van der Waals surface area (Å²) in [7, 11) is 0. The van der Waals surface area contributed by atoms with E-state index in [2.05, 4.69) is 27.0 Å². The monoisotopic (exact) mass is 438 g/mol. The Morgan fingerprint density at radius 3 is 2.63 bits per heavy atom. The predicted octanol–water partition coefficient (Wildman–Crippen LogP) is 4.79. The molecule has 0 atom stereocenters. The Morgan fingerprint density at radius 2 is 1.90 bits per heavy atom. The van der Waals surface area contributed by atoms with Crippen LogP contribution in [0.15, 0.2) is 34.8 Å². The maximum atomic E-state index is 12.3. The third-order valence-electron chi connectivity index (χ3n) is 4.74. The van der Waals surface area contributed by atoms with E-state index in [-0.39, 0.29) is 5.91 Å². The quantitative estimate of drug-likeness (QED) is 0.417. The topological polar surface area (TPSA) is 76.3 Å². The standard InChI is InChI=1S/C21H22N6OS2/c1-12-6-7-18(8-13(12)2)26(16(5)28)21-23-17(11-30-21)10-29-20-24-19-22-14(3)9-15(4)27(19)25-20/h6-9,11H,10H2,1-5H3. The Balaban J connectivity index is 1.53. The molecule has 0 aliphatic heterocycles. The Morgan fingerprint density at radius 1 is 1.10 bits per heavy atom. The molecule has 0 radical (unpaired) electrons. The number of aromatic nitrogens is 5. The van der Waals surface area contributed by atoms with Crippen molar-refractivity contribution in [3.8, 4) is 0 Å². The van der Waals surface area contributed by atoms with Crippen molar-refractivity contribution < 1.29 is 4.79 Å². The number of nitrogens with zero attached hydrogens (tertiary/aromatic N) is 6. The molecule has 4 rings (SSSR count). The van der Waals surface area contributed by atoms with E-state index in [0.29, 0.717) is 21.8 Å². The minimum atomic E-state index is -0.0641. The average molecular weight is 439 g/mol. The number of hydrogen-bond acceptors (Lipinski definition) is 7. The first-order valence-electron chi connectivity index (χ1n) is 9.48. The predicted molar refractivity (Wildman–Crippen MR) is 121 cm³/mol. The minimum Gasteiger partial charge on any atom is -0.274 e. The van der Waals surface area contributed by atoms with Gasteiger partial charge in [-0.2, -0.15) is 4.98 Å². The van der Waals surface area contributed by atoms with Gasteiger partial charge in [0.15, 0.2) is 5.13 Å². The second kappa shape index (κ2) is 8.16. The van der Waals surface area contributed by atoms with Crippen molar-refractivity contribution in [2.45, 2.75) is 45.5 Å². The van der Waals surface area contributed by atoms with Gasteiger partial charge >= 0.3 is 0 Å². The molecule has 154 valence electrons. The number of carbonyl (C=O) groups excluding carboxylic acids is 1. The number of rotatable bonds is 5. The minimum absolute atomic E-state index is 0.0641. The van der Waals surface area contributed by atoms with Crippen LogP contribution in [-0.2, 0) is 10.5 Å². The van der Waals surface area contributed by atoms with Crippen LogP contribution in [0.1, 0.15) is 35.1 Å². The van der Waals surface area contributed by atoms with Gasteiger partial charge in [-0.3, -0.25) is 9.69 Å². The third kappa shape index (κ3) is 4.08. The van der Waals surface area contributed by atoms with Crippen molar-refractivity contribution in [3.63, 3.8) is 0 Å². The van der Waals surface area contributed by atoms with Gasteiger partial charge in [0.05, 0.1) is 11.4 Å². The van der Waals surface area contributed by atoms with Crippen molar-refractivity contribution in [2.24, 2.45) is 0 Å². The average Bonchev–Trinajstić information content (AvgIpc) is 3.30. The van der Waals surface area contributed by atoms with E-state index in [1.165, 1.54) is 28.7 Å². The highest BCUT2D eigenvalue weighted by Gasteiger charge is 2.19. The van der Waals surface area contributed by atoms with Crippen LogP contribution in [0.2, 0.25) is 0 Å². The molecule has 30 heavy (non-hydrogen) atoms. The molecule has 1 amide bonds. The Kier molecular flexibility index (Phi) is 5.57. The number of hydrogen-bond donors (Lipinski definition) is 0. The summed E-state index contributed by atoms with van der Waals surface area (Å²) < 4.78 is 1.75. The van der Waals surface area contributed by atoms with Gasteiger partial charge in [-0.1, -0.05) is 17.8 Å². The number of thiazole rings is 1. The fourth-order valence-corrected chi connectivity index (χ4v) is 4.81. The van der Waals surface area contributed by atoms with E-state index in [0.717, 1.165) is 28.3 Å². The Hall–Kier alpha value is -2.78. The lowest BCUT2D eigenvalue weighted by atomic mass is 10.1. The molecule has 1 aromatic carbocycles. The molecule has 3 heterocycles. The number of fused-ring (bicyclic) bond motifs is 1. The molecule has 0 N–H and O–H groups in total. The summed E-state index contributed by atoms with van der Waals surface area (Å²) in [6, 6.07) is 7.98. The van der Waals surface area contributed by atoms with Gasteiger partial charge in [0.1, 0.15) is 0 Å². The molecule has 9 heteroatoms. The van der Waals surface area contributed by atoms with Crippen LogP contribution in [0.25, 0.3) is 5.78 Å². The number of aryl methyl sites for hydroxylation is 4. The summed E-state index contributed by atoms with van der Waals surface area (Å²) in [6.07, 6.45) is 0. The van der Waals surface area contributed by atoms with E-state index >= 15 is 0 Å². The van der Waals surface area contributed by atoms with Gasteiger partial charge in [0.25, 0.3) is 5.78 Å². The van der Waals surface area contributed by atoms with Crippen LogP contribution < -0.4 is 4.90 Å². The van der Waals surface area contributed by atoms with Gasteiger partial charge in [-0.15, -0.1) is 16.4 Å². The van der Waals surface area contributed by atoms with Crippen molar-refractivity contribution in [2.75, 3.05) is 4.90 Å². The zero-order valence-electron chi connectivity index (χ0n) is 17.5. The van der Waals surface area contributed by atoms with Crippen LogP contribution in [0, 0.1) is 27.7 Å². The van der Waals surface area contributed by atoms with E-state index in [4.69, 9.17) is 0 Å². The maximum Gasteiger partial charge on any atom is 0.253 e. The second-order valence-electron chi connectivity index (χ2n) is 7.18. The van der Waals surface area contributed by atoms with Crippen molar-refractivity contribution >= 4 is 45.6 Å². The van der Waals surface area contributed by atoms with Gasteiger partial charge in [-0.25, -0.2) is 14.5 Å². The lowest BCUT2D eigenvalue weighted by Gasteiger charge is -2.19.